The van der Waals surface area contributed by atoms with Crippen molar-refractivity contribution in [3.05, 3.63) is 0 Å². The number of rotatable bonds is 4. The molecular weight excluding hydrogens is 232 g/mol. The van der Waals surface area contributed by atoms with Crippen molar-refractivity contribution < 1.29 is 14.7 Å². The number of urea groups is 1. The van der Waals surface area contributed by atoms with Crippen LogP contribution in [0.4, 0.5) is 4.79 Å². The molecule has 2 aliphatic rings. The van der Waals surface area contributed by atoms with Crippen LogP contribution < -0.4 is 0 Å². The SMILES string of the molecule is CC(C)N(CC1CC1)C(=O)N1CCC(C(=O)O)C1. The summed E-state index contributed by atoms with van der Waals surface area (Å²) in [5.41, 5.74) is 0. The number of carbonyl (C=O) groups is 2. The molecule has 1 aliphatic carbocycles. The Bertz CT molecular complexity index is 339. The number of likely N-dealkylation sites (tertiary alicyclic amines) is 1. The second-order valence-electron chi connectivity index (χ2n) is 5.74. The van der Waals surface area contributed by atoms with Gasteiger partial charge in [0.1, 0.15) is 0 Å². The smallest absolute Gasteiger partial charge is 0.320 e. The molecule has 0 aromatic rings. The van der Waals surface area contributed by atoms with Gasteiger partial charge < -0.3 is 14.9 Å². The van der Waals surface area contributed by atoms with E-state index in [1.807, 2.05) is 18.7 Å². The lowest BCUT2D eigenvalue weighted by Crippen LogP contribution is -2.46. The molecule has 0 aromatic heterocycles. The van der Waals surface area contributed by atoms with Crippen LogP contribution >= 0.6 is 0 Å². The van der Waals surface area contributed by atoms with Gasteiger partial charge in [0, 0.05) is 25.7 Å². The molecule has 0 spiro atoms. The largest absolute Gasteiger partial charge is 0.481 e. The molecule has 2 fully saturated rings. The second kappa shape index (κ2) is 5.16. The maximum atomic E-state index is 12.4. The Hall–Kier alpha value is -1.26. The van der Waals surface area contributed by atoms with Crippen molar-refractivity contribution >= 4 is 12.0 Å². The highest BCUT2D eigenvalue weighted by Crippen LogP contribution is 2.31. The van der Waals surface area contributed by atoms with Crippen LogP contribution in [-0.2, 0) is 4.79 Å². The molecule has 1 N–H and O–H groups in total. The molecule has 0 aromatic carbocycles. The molecule has 2 rings (SSSR count). The van der Waals surface area contributed by atoms with E-state index in [-0.39, 0.29) is 18.0 Å². The minimum absolute atomic E-state index is 0.0145. The van der Waals surface area contributed by atoms with Gasteiger partial charge in [0.15, 0.2) is 0 Å². The van der Waals surface area contributed by atoms with Gasteiger partial charge in [-0.2, -0.15) is 0 Å². The maximum absolute atomic E-state index is 12.4. The first-order valence-electron chi connectivity index (χ1n) is 6.77. The zero-order valence-electron chi connectivity index (χ0n) is 11.1. The standard InChI is InChI=1S/C13H22N2O3/c1-9(2)15(7-10-3-4-10)13(18)14-6-5-11(8-14)12(16)17/h9-11H,3-8H2,1-2H3,(H,16,17). The number of hydrogen-bond donors (Lipinski definition) is 1. The normalized spacial score (nSPS) is 23.5. The van der Waals surface area contributed by atoms with Gasteiger partial charge in [0.05, 0.1) is 5.92 Å². The summed E-state index contributed by atoms with van der Waals surface area (Å²) in [6, 6.07) is 0.197. The number of carboxylic acid groups (broad SMARTS) is 1. The fourth-order valence-corrected chi connectivity index (χ4v) is 2.41. The Labute approximate surface area is 108 Å². The number of carboxylic acids is 1. The summed E-state index contributed by atoms with van der Waals surface area (Å²) in [5, 5.41) is 8.96. The molecule has 1 saturated heterocycles. The maximum Gasteiger partial charge on any atom is 0.320 e. The van der Waals surface area contributed by atoms with Crippen LogP contribution in [0.1, 0.15) is 33.1 Å². The highest BCUT2D eigenvalue weighted by atomic mass is 16.4. The van der Waals surface area contributed by atoms with Crippen molar-refractivity contribution in [3.8, 4) is 0 Å². The van der Waals surface area contributed by atoms with Gasteiger partial charge in [-0.15, -0.1) is 0 Å². The molecule has 5 nitrogen and oxygen atoms in total. The van der Waals surface area contributed by atoms with Crippen molar-refractivity contribution in [2.75, 3.05) is 19.6 Å². The van der Waals surface area contributed by atoms with Gasteiger partial charge >= 0.3 is 12.0 Å². The number of nitrogens with zero attached hydrogens (tertiary/aromatic N) is 2. The molecule has 0 radical (unpaired) electrons. The second-order valence-corrected chi connectivity index (χ2v) is 5.74. The molecule has 5 heteroatoms. The summed E-state index contributed by atoms with van der Waals surface area (Å²) in [7, 11) is 0. The Morgan fingerprint density at radius 1 is 1.33 bits per heavy atom. The molecule has 1 saturated carbocycles. The van der Waals surface area contributed by atoms with E-state index in [4.69, 9.17) is 5.11 Å². The molecule has 2 amide bonds. The van der Waals surface area contributed by atoms with E-state index in [0.29, 0.717) is 25.4 Å². The van der Waals surface area contributed by atoms with Crippen LogP contribution in [-0.4, -0.2) is 52.6 Å². The van der Waals surface area contributed by atoms with Crippen LogP contribution in [0.15, 0.2) is 0 Å². The summed E-state index contributed by atoms with van der Waals surface area (Å²) < 4.78 is 0. The fraction of sp³-hybridized carbons (Fsp3) is 0.846. The molecule has 1 unspecified atom stereocenters. The van der Waals surface area contributed by atoms with Crippen LogP contribution in [0.5, 0.6) is 0 Å². The van der Waals surface area contributed by atoms with Crippen molar-refractivity contribution in [2.45, 2.75) is 39.2 Å². The van der Waals surface area contributed by atoms with Crippen LogP contribution in [0.3, 0.4) is 0 Å². The van der Waals surface area contributed by atoms with E-state index in [1.165, 1.54) is 12.8 Å². The Kier molecular flexibility index (Phi) is 3.78. The van der Waals surface area contributed by atoms with Gasteiger partial charge in [-0.3, -0.25) is 4.79 Å². The van der Waals surface area contributed by atoms with Crippen molar-refractivity contribution in [3.63, 3.8) is 0 Å². The highest BCUT2D eigenvalue weighted by Gasteiger charge is 2.35. The van der Waals surface area contributed by atoms with Crippen molar-refractivity contribution in [1.82, 2.24) is 9.80 Å². The first-order valence-corrected chi connectivity index (χ1v) is 6.77. The first kappa shape index (κ1) is 13.2. The molecule has 0 bridgehead atoms. The average Bonchev–Trinajstić information content (AvgIpc) is 2.97. The molecule has 1 aliphatic heterocycles. The third kappa shape index (κ3) is 2.94. The van der Waals surface area contributed by atoms with E-state index in [1.54, 1.807) is 4.90 Å². The lowest BCUT2D eigenvalue weighted by Gasteiger charge is -2.31. The minimum Gasteiger partial charge on any atom is -0.481 e. The lowest BCUT2D eigenvalue weighted by atomic mass is 10.1. The zero-order chi connectivity index (χ0) is 13.3. The monoisotopic (exact) mass is 254 g/mol. The van der Waals surface area contributed by atoms with Crippen LogP contribution in [0.2, 0.25) is 0 Å². The van der Waals surface area contributed by atoms with Crippen LogP contribution in [0.25, 0.3) is 0 Å². The van der Waals surface area contributed by atoms with E-state index < -0.39 is 5.97 Å². The first-order chi connectivity index (χ1) is 8.49. The van der Waals surface area contributed by atoms with Gasteiger partial charge in [-0.25, -0.2) is 4.79 Å². The van der Waals surface area contributed by atoms with E-state index in [0.717, 1.165) is 6.54 Å². The number of carbonyl (C=O) groups excluding carboxylic acids is 1. The van der Waals surface area contributed by atoms with Crippen molar-refractivity contribution in [2.24, 2.45) is 11.8 Å². The predicted molar refractivity (Wildman–Crippen MR) is 67.3 cm³/mol. The highest BCUT2D eigenvalue weighted by molar-refractivity contribution is 5.77. The zero-order valence-corrected chi connectivity index (χ0v) is 11.1. The summed E-state index contributed by atoms with van der Waals surface area (Å²) in [5.74, 6) is -0.512. The lowest BCUT2D eigenvalue weighted by molar-refractivity contribution is -0.141. The van der Waals surface area contributed by atoms with Gasteiger partial charge in [0.25, 0.3) is 0 Å². The van der Waals surface area contributed by atoms with Gasteiger partial charge in [-0.05, 0) is 39.0 Å². The molecule has 1 atom stereocenters. The summed E-state index contributed by atoms with van der Waals surface area (Å²) in [6.45, 7) is 5.80. The Balaban J connectivity index is 1.93. The topological polar surface area (TPSA) is 60.9 Å². The Morgan fingerprint density at radius 2 is 2.00 bits per heavy atom. The average molecular weight is 254 g/mol. The summed E-state index contributed by atoms with van der Waals surface area (Å²) >= 11 is 0. The minimum atomic E-state index is -0.788. The molecule has 102 valence electrons. The summed E-state index contributed by atoms with van der Waals surface area (Å²) in [6.07, 6.45) is 3.01. The molecule has 18 heavy (non-hydrogen) atoms. The fourth-order valence-electron chi connectivity index (χ4n) is 2.41. The van der Waals surface area contributed by atoms with E-state index in [2.05, 4.69) is 0 Å². The number of amides is 2. The third-order valence-corrected chi connectivity index (χ3v) is 3.83. The predicted octanol–water partition coefficient (Wildman–Crippen LogP) is 1.63. The summed E-state index contributed by atoms with van der Waals surface area (Å²) in [4.78, 5) is 26.9. The molecular formula is C13H22N2O3. The number of hydrogen-bond acceptors (Lipinski definition) is 2. The quantitative estimate of drug-likeness (QED) is 0.829. The molecule has 1 heterocycles. The van der Waals surface area contributed by atoms with Gasteiger partial charge in [0.2, 0.25) is 0 Å². The van der Waals surface area contributed by atoms with E-state index in [9.17, 15) is 9.59 Å². The third-order valence-electron chi connectivity index (χ3n) is 3.83. The van der Waals surface area contributed by atoms with Gasteiger partial charge in [-0.1, -0.05) is 0 Å². The van der Waals surface area contributed by atoms with Crippen LogP contribution in [0, 0.1) is 11.8 Å². The number of aliphatic carboxylic acids is 1. The Morgan fingerprint density at radius 3 is 2.44 bits per heavy atom. The van der Waals surface area contributed by atoms with Crippen molar-refractivity contribution in [1.29, 1.82) is 0 Å². The van der Waals surface area contributed by atoms with E-state index >= 15 is 0 Å².